The van der Waals surface area contributed by atoms with Crippen LogP contribution in [0.15, 0.2) is 0 Å². The molecule has 1 aliphatic rings. The Morgan fingerprint density at radius 2 is 1.65 bits per heavy atom. The number of hydrogen-bond acceptors (Lipinski definition) is 1. The van der Waals surface area contributed by atoms with E-state index in [-0.39, 0.29) is 6.03 Å². The van der Waals surface area contributed by atoms with E-state index in [1.165, 1.54) is 12.8 Å². The van der Waals surface area contributed by atoms with Gasteiger partial charge in [-0.3, -0.25) is 0 Å². The highest BCUT2D eigenvalue weighted by atomic mass is 16.2. The molecule has 0 atom stereocenters. The third-order valence-electron chi connectivity index (χ3n) is 4.19. The summed E-state index contributed by atoms with van der Waals surface area (Å²) in [5.41, 5.74) is 0.468. The molecule has 1 rings (SSSR count). The highest BCUT2D eigenvalue weighted by Crippen LogP contribution is 2.36. The Hall–Kier alpha value is -0.730. The van der Waals surface area contributed by atoms with E-state index in [0.29, 0.717) is 11.5 Å². The molecule has 0 aliphatic heterocycles. The summed E-state index contributed by atoms with van der Waals surface area (Å²) in [4.78, 5) is 16.1. The standard InChI is InChI=1S/C14H28N2O/c1-6-16(7-2)13(17)15(5)12-8-10-14(3,4)11-9-12/h12H,6-11H2,1-5H3. The largest absolute Gasteiger partial charge is 0.325 e. The monoisotopic (exact) mass is 240 g/mol. The van der Waals surface area contributed by atoms with Crippen molar-refractivity contribution in [2.45, 2.75) is 59.4 Å². The van der Waals surface area contributed by atoms with E-state index in [1.54, 1.807) is 0 Å². The van der Waals surface area contributed by atoms with E-state index in [4.69, 9.17) is 0 Å². The Kier molecular flexibility index (Phi) is 4.84. The van der Waals surface area contributed by atoms with E-state index < -0.39 is 0 Å². The van der Waals surface area contributed by atoms with Gasteiger partial charge in [-0.15, -0.1) is 0 Å². The molecule has 1 saturated carbocycles. The van der Waals surface area contributed by atoms with E-state index in [1.807, 2.05) is 30.7 Å². The van der Waals surface area contributed by atoms with Gasteiger partial charge in [0, 0.05) is 26.2 Å². The van der Waals surface area contributed by atoms with Gasteiger partial charge in [-0.25, -0.2) is 4.79 Å². The Bertz CT molecular complexity index is 249. The Labute approximate surface area is 106 Å². The first-order chi connectivity index (χ1) is 7.91. The summed E-state index contributed by atoms with van der Waals surface area (Å²) in [6, 6.07) is 0.635. The molecule has 1 fully saturated rings. The number of nitrogens with zero attached hydrogens (tertiary/aromatic N) is 2. The van der Waals surface area contributed by atoms with Gasteiger partial charge in [0.25, 0.3) is 0 Å². The van der Waals surface area contributed by atoms with Crippen molar-refractivity contribution < 1.29 is 4.79 Å². The molecule has 0 unspecified atom stereocenters. The van der Waals surface area contributed by atoms with Crippen LogP contribution in [0, 0.1) is 5.41 Å². The van der Waals surface area contributed by atoms with E-state index in [0.717, 1.165) is 25.9 Å². The van der Waals surface area contributed by atoms with Crippen LogP contribution in [0.5, 0.6) is 0 Å². The van der Waals surface area contributed by atoms with Gasteiger partial charge in [-0.1, -0.05) is 13.8 Å². The third kappa shape index (κ3) is 3.62. The predicted molar refractivity (Wildman–Crippen MR) is 72.1 cm³/mol. The zero-order valence-corrected chi connectivity index (χ0v) is 12.1. The van der Waals surface area contributed by atoms with Crippen LogP contribution in [-0.2, 0) is 0 Å². The summed E-state index contributed by atoms with van der Waals surface area (Å²) in [5.74, 6) is 0. The zero-order valence-electron chi connectivity index (χ0n) is 12.1. The lowest BCUT2D eigenvalue weighted by Crippen LogP contribution is -2.47. The minimum absolute atomic E-state index is 0.194. The normalized spacial score (nSPS) is 20.1. The van der Waals surface area contributed by atoms with Gasteiger partial charge in [0.05, 0.1) is 0 Å². The fourth-order valence-corrected chi connectivity index (χ4v) is 2.64. The van der Waals surface area contributed by atoms with Gasteiger partial charge in [-0.05, 0) is 44.9 Å². The van der Waals surface area contributed by atoms with Crippen molar-refractivity contribution in [3.8, 4) is 0 Å². The van der Waals surface area contributed by atoms with E-state index in [9.17, 15) is 4.79 Å². The summed E-state index contributed by atoms with van der Waals surface area (Å²) < 4.78 is 0. The van der Waals surface area contributed by atoms with Crippen LogP contribution >= 0.6 is 0 Å². The van der Waals surface area contributed by atoms with Crippen molar-refractivity contribution >= 4 is 6.03 Å². The lowest BCUT2D eigenvalue weighted by Gasteiger charge is -2.40. The van der Waals surface area contributed by atoms with Gasteiger partial charge in [0.15, 0.2) is 0 Å². The molecule has 1 aliphatic carbocycles. The maximum Gasteiger partial charge on any atom is 0.319 e. The number of amides is 2. The molecule has 0 bridgehead atoms. The lowest BCUT2D eigenvalue weighted by atomic mass is 9.75. The van der Waals surface area contributed by atoms with Gasteiger partial charge in [-0.2, -0.15) is 0 Å². The van der Waals surface area contributed by atoms with Crippen molar-refractivity contribution in [1.29, 1.82) is 0 Å². The van der Waals surface area contributed by atoms with Crippen molar-refractivity contribution in [2.75, 3.05) is 20.1 Å². The molecular formula is C14H28N2O. The second-order valence-electron chi connectivity index (χ2n) is 5.96. The Morgan fingerprint density at radius 3 is 2.06 bits per heavy atom. The average molecular weight is 240 g/mol. The van der Waals surface area contributed by atoms with Crippen LogP contribution in [0.3, 0.4) is 0 Å². The number of carbonyl (C=O) groups is 1. The Balaban J connectivity index is 2.53. The molecule has 0 spiro atoms. The molecule has 0 heterocycles. The van der Waals surface area contributed by atoms with Gasteiger partial charge in [0.1, 0.15) is 0 Å². The first-order valence-electron chi connectivity index (χ1n) is 6.93. The summed E-state index contributed by atoms with van der Waals surface area (Å²) in [7, 11) is 1.96. The van der Waals surface area contributed by atoms with Crippen molar-refractivity contribution in [3.63, 3.8) is 0 Å². The zero-order chi connectivity index (χ0) is 13.1. The molecule has 2 amide bonds. The van der Waals surface area contributed by atoms with E-state index >= 15 is 0 Å². The van der Waals surface area contributed by atoms with Crippen molar-refractivity contribution in [2.24, 2.45) is 5.41 Å². The summed E-state index contributed by atoms with van der Waals surface area (Å²) in [6.45, 7) is 10.3. The quantitative estimate of drug-likeness (QED) is 0.742. The van der Waals surface area contributed by atoms with Crippen LogP contribution in [-0.4, -0.2) is 42.0 Å². The first kappa shape index (κ1) is 14.3. The maximum atomic E-state index is 12.2. The van der Waals surface area contributed by atoms with Crippen LogP contribution in [0.2, 0.25) is 0 Å². The second-order valence-corrected chi connectivity index (χ2v) is 5.96. The minimum Gasteiger partial charge on any atom is -0.325 e. The van der Waals surface area contributed by atoms with Gasteiger partial charge in [0.2, 0.25) is 0 Å². The molecule has 0 aromatic rings. The lowest BCUT2D eigenvalue weighted by molar-refractivity contribution is 0.113. The number of urea groups is 1. The SMILES string of the molecule is CCN(CC)C(=O)N(C)C1CCC(C)(C)CC1. The maximum absolute atomic E-state index is 12.2. The highest BCUT2D eigenvalue weighted by Gasteiger charge is 2.31. The molecule has 17 heavy (non-hydrogen) atoms. The number of hydrogen-bond donors (Lipinski definition) is 0. The third-order valence-corrected chi connectivity index (χ3v) is 4.19. The van der Waals surface area contributed by atoms with Gasteiger partial charge < -0.3 is 9.80 Å². The van der Waals surface area contributed by atoms with Crippen molar-refractivity contribution in [1.82, 2.24) is 9.80 Å². The van der Waals surface area contributed by atoms with Crippen LogP contribution in [0.1, 0.15) is 53.4 Å². The molecule has 0 saturated heterocycles. The van der Waals surface area contributed by atoms with Crippen LogP contribution < -0.4 is 0 Å². The van der Waals surface area contributed by atoms with E-state index in [2.05, 4.69) is 13.8 Å². The minimum atomic E-state index is 0.194. The molecule has 0 N–H and O–H groups in total. The van der Waals surface area contributed by atoms with Crippen molar-refractivity contribution in [3.05, 3.63) is 0 Å². The summed E-state index contributed by atoms with van der Waals surface area (Å²) >= 11 is 0. The summed E-state index contributed by atoms with van der Waals surface area (Å²) in [5, 5.41) is 0. The topological polar surface area (TPSA) is 23.6 Å². The predicted octanol–water partition coefficient (Wildman–Crippen LogP) is 3.35. The van der Waals surface area contributed by atoms with Crippen LogP contribution in [0.4, 0.5) is 4.79 Å². The first-order valence-corrected chi connectivity index (χ1v) is 6.93. The number of carbonyl (C=O) groups excluding carboxylic acids is 1. The fraction of sp³-hybridized carbons (Fsp3) is 0.929. The smallest absolute Gasteiger partial charge is 0.319 e. The average Bonchev–Trinajstić information content (AvgIpc) is 2.29. The summed E-state index contributed by atoms with van der Waals surface area (Å²) in [6.07, 6.45) is 4.76. The second kappa shape index (κ2) is 5.74. The fourth-order valence-electron chi connectivity index (χ4n) is 2.64. The Morgan fingerprint density at radius 1 is 1.18 bits per heavy atom. The van der Waals surface area contributed by atoms with Gasteiger partial charge >= 0.3 is 6.03 Å². The molecule has 0 aromatic heterocycles. The highest BCUT2D eigenvalue weighted by molar-refractivity contribution is 5.74. The molecule has 0 radical (unpaired) electrons. The molecule has 3 nitrogen and oxygen atoms in total. The molecule has 100 valence electrons. The number of rotatable bonds is 3. The molecule has 3 heteroatoms. The molecule has 0 aromatic carbocycles. The molecular weight excluding hydrogens is 212 g/mol. The van der Waals surface area contributed by atoms with Crippen LogP contribution in [0.25, 0.3) is 0 Å².